The number of nitrogens with zero attached hydrogens (tertiary/aromatic N) is 1. The van der Waals surface area contributed by atoms with E-state index >= 15 is 0 Å². The SMILES string of the molecule is CCOC(=O)c1cc(Cl)ccc1-c1ccc2c(c1)c1cccc3c1n2-c1ccccc1C3(C)C. The maximum atomic E-state index is 12.7. The van der Waals surface area contributed by atoms with Crippen molar-refractivity contribution in [1.29, 1.82) is 0 Å². The Morgan fingerprint density at radius 1 is 0.912 bits per heavy atom. The number of hydrogen-bond acceptors (Lipinski definition) is 2. The van der Waals surface area contributed by atoms with Crippen molar-refractivity contribution in [2.45, 2.75) is 26.2 Å². The van der Waals surface area contributed by atoms with Crippen LogP contribution >= 0.6 is 11.6 Å². The van der Waals surface area contributed by atoms with E-state index in [-0.39, 0.29) is 11.4 Å². The van der Waals surface area contributed by atoms with Crippen molar-refractivity contribution < 1.29 is 9.53 Å². The van der Waals surface area contributed by atoms with Crippen molar-refractivity contribution in [2.24, 2.45) is 0 Å². The minimum absolute atomic E-state index is 0.101. The molecule has 0 fully saturated rings. The van der Waals surface area contributed by atoms with Crippen LogP contribution in [0.15, 0.2) is 78.9 Å². The summed E-state index contributed by atoms with van der Waals surface area (Å²) in [5.74, 6) is -0.363. The summed E-state index contributed by atoms with van der Waals surface area (Å²) in [4.78, 5) is 12.7. The molecule has 1 aliphatic heterocycles. The molecule has 6 rings (SSSR count). The van der Waals surface area contributed by atoms with Crippen molar-refractivity contribution in [3.63, 3.8) is 0 Å². The molecular formula is C30H24ClNO2. The lowest BCUT2D eigenvalue weighted by Gasteiger charge is -2.34. The summed E-state index contributed by atoms with van der Waals surface area (Å²) < 4.78 is 7.70. The molecule has 168 valence electrons. The highest BCUT2D eigenvalue weighted by atomic mass is 35.5. The molecule has 0 unspecified atom stereocenters. The third-order valence-electron chi connectivity index (χ3n) is 7.07. The fourth-order valence-corrected chi connectivity index (χ4v) is 5.65. The molecule has 0 atom stereocenters. The maximum absolute atomic E-state index is 12.7. The first kappa shape index (κ1) is 21.0. The third kappa shape index (κ3) is 2.87. The highest BCUT2D eigenvalue weighted by molar-refractivity contribution is 6.31. The normalized spacial score (nSPS) is 13.8. The van der Waals surface area contributed by atoms with Crippen LogP contribution in [0.4, 0.5) is 0 Å². The van der Waals surface area contributed by atoms with Crippen LogP contribution in [-0.4, -0.2) is 17.1 Å². The second kappa shape index (κ2) is 7.48. The Morgan fingerprint density at radius 2 is 1.71 bits per heavy atom. The van der Waals surface area contributed by atoms with E-state index in [0.717, 1.165) is 22.0 Å². The second-order valence-corrected chi connectivity index (χ2v) is 9.76. The lowest BCUT2D eigenvalue weighted by atomic mass is 9.75. The molecule has 1 aliphatic rings. The molecule has 3 nitrogen and oxygen atoms in total. The Balaban J connectivity index is 1.67. The van der Waals surface area contributed by atoms with E-state index in [1.165, 1.54) is 27.7 Å². The van der Waals surface area contributed by atoms with E-state index in [1.807, 2.05) is 12.1 Å². The number of ether oxygens (including phenoxy) is 1. The topological polar surface area (TPSA) is 31.2 Å². The summed E-state index contributed by atoms with van der Waals surface area (Å²) in [5, 5.41) is 2.88. The minimum Gasteiger partial charge on any atom is -0.462 e. The number of carbonyl (C=O) groups is 1. The van der Waals surface area contributed by atoms with E-state index in [4.69, 9.17) is 16.3 Å². The van der Waals surface area contributed by atoms with Gasteiger partial charge in [0.15, 0.2) is 0 Å². The van der Waals surface area contributed by atoms with Crippen LogP contribution < -0.4 is 0 Å². The summed E-state index contributed by atoms with van der Waals surface area (Å²) in [7, 11) is 0. The number of aromatic nitrogens is 1. The number of halogens is 1. The van der Waals surface area contributed by atoms with Crippen molar-refractivity contribution in [3.05, 3.63) is 101 Å². The minimum atomic E-state index is -0.363. The zero-order chi connectivity index (χ0) is 23.6. The Hall–Kier alpha value is -3.56. The van der Waals surface area contributed by atoms with E-state index in [1.54, 1.807) is 13.0 Å². The fourth-order valence-electron chi connectivity index (χ4n) is 5.48. The molecule has 0 saturated carbocycles. The number of rotatable bonds is 3. The van der Waals surface area contributed by atoms with Crippen LogP contribution in [0.2, 0.25) is 5.02 Å². The monoisotopic (exact) mass is 465 g/mol. The molecule has 5 aromatic rings. The lowest BCUT2D eigenvalue weighted by molar-refractivity contribution is 0.0527. The summed E-state index contributed by atoms with van der Waals surface area (Å²) in [6.45, 7) is 6.72. The van der Waals surface area contributed by atoms with Crippen LogP contribution in [0.3, 0.4) is 0 Å². The standard InChI is InChI=1S/C30H24ClNO2/c1-4-34-29(33)23-17-19(31)13-14-20(23)18-12-15-26-22(16-18)21-8-7-10-25-28(21)32(26)27-11-6-5-9-24(27)30(25,2)3/h5-17H,4H2,1-3H3. The average molecular weight is 466 g/mol. The van der Waals surface area contributed by atoms with Gasteiger partial charge < -0.3 is 9.30 Å². The number of benzene rings is 4. The fraction of sp³-hybridized carbons (Fsp3) is 0.167. The molecule has 1 aromatic heterocycles. The molecule has 0 N–H and O–H groups in total. The predicted molar refractivity (Wildman–Crippen MR) is 139 cm³/mol. The second-order valence-electron chi connectivity index (χ2n) is 9.32. The van der Waals surface area contributed by atoms with Gasteiger partial charge in [0.2, 0.25) is 0 Å². The van der Waals surface area contributed by atoms with Gasteiger partial charge in [-0.3, -0.25) is 0 Å². The molecule has 0 spiro atoms. The number of carbonyl (C=O) groups excluding carboxylic acids is 1. The average Bonchev–Trinajstić information content (AvgIpc) is 3.17. The Labute approximate surface area is 203 Å². The van der Waals surface area contributed by atoms with Gasteiger partial charge in [-0.25, -0.2) is 4.79 Å². The predicted octanol–water partition coefficient (Wildman–Crippen LogP) is 7.92. The van der Waals surface area contributed by atoms with Crippen LogP contribution in [0.1, 0.15) is 42.3 Å². The largest absolute Gasteiger partial charge is 0.462 e. The molecule has 0 saturated heterocycles. The first-order chi connectivity index (χ1) is 16.4. The molecule has 34 heavy (non-hydrogen) atoms. The van der Waals surface area contributed by atoms with Gasteiger partial charge in [0, 0.05) is 21.2 Å². The van der Waals surface area contributed by atoms with Crippen molar-refractivity contribution in [2.75, 3.05) is 6.61 Å². The van der Waals surface area contributed by atoms with Gasteiger partial charge in [-0.1, -0.05) is 74.0 Å². The summed E-state index contributed by atoms with van der Waals surface area (Å²) in [6.07, 6.45) is 0. The number of fused-ring (bicyclic) bond motifs is 5. The zero-order valence-corrected chi connectivity index (χ0v) is 20.1. The van der Waals surface area contributed by atoms with Gasteiger partial charge in [0.1, 0.15) is 0 Å². The highest BCUT2D eigenvalue weighted by Gasteiger charge is 2.34. The summed E-state index contributed by atoms with van der Waals surface area (Å²) in [5.41, 5.74) is 8.42. The quantitative estimate of drug-likeness (QED) is 0.253. The van der Waals surface area contributed by atoms with E-state index in [0.29, 0.717) is 17.2 Å². The number of esters is 1. The summed E-state index contributed by atoms with van der Waals surface area (Å²) >= 11 is 6.23. The van der Waals surface area contributed by atoms with Gasteiger partial charge in [-0.05, 0) is 59.5 Å². The van der Waals surface area contributed by atoms with Crippen LogP contribution in [0.25, 0.3) is 38.6 Å². The molecular weight excluding hydrogens is 442 g/mol. The van der Waals surface area contributed by atoms with E-state index < -0.39 is 0 Å². The molecule has 0 aliphatic carbocycles. The molecule has 2 heterocycles. The van der Waals surface area contributed by atoms with Crippen molar-refractivity contribution >= 4 is 39.4 Å². The first-order valence-electron chi connectivity index (χ1n) is 11.6. The first-order valence-corrected chi connectivity index (χ1v) is 11.9. The zero-order valence-electron chi connectivity index (χ0n) is 19.4. The van der Waals surface area contributed by atoms with Gasteiger partial charge in [0.25, 0.3) is 0 Å². The van der Waals surface area contributed by atoms with E-state index in [2.05, 4.69) is 79.1 Å². The molecule has 4 heteroatoms. The Kier molecular flexibility index (Phi) is 4.62. The molecule has 0 amide bonds. The van der Waals surface area contributed by atoms with Crippen LogP contribution in [-0.2, 0) is 10.2 Å². The van der Waals surface area contributed by atoms with E-state index in [9.17, 15) is 4.79 Å². The summed E-state index contributed by atoms with van der Waals surface area (Å²) in [6, 6.07) is 27.1. The number of para-hydroxylation sites is 2. The van der Waals surface area contributed by atoms with Crippen molar-refractivity contribution in [3.8, 4) is 16.8 Å². The van der Waals surface area contributed by atoms with Crippen LogP contribution in [0.5, 0.6) is 0 Å². The van der Waals surface area contributed by atoms with Gasteiger partial charge in [-0.2, -0.15) is 0 Å². The van der Waals surface area contributed by atoms with Crippen molar-refractivity contribution in [1.82, 2.24) is 4.57 Å². The van der Waals surface area contributed by atoms with Gasteiger partial charge in [-0.15, -0.1) is 0 Å². The Bertz CT molecular complexity index is 1630. The highest BCUT2D eigenvalue weighted by Crippen LogP contribution is 2.47. The van der Waals surface area contributed by atoms with Gasteiger partial charge >= 0.3 is 5.97 Å². The maximum Gasteiger partial charge on any atom is 0.338 e. The smallest absolute Gasteiger partial charge is 0.338 e. The lowest BCUT2D eigenvalue weighted by Crippen LogP contribution is -2.26. The Morgan fingerprint density at radius 3 is 2.53 bits per heavy atom. The third-order valence-corrected chi connectivity index (χ3v) is 7.30. The van der Waals surface area contributed by atoms with Crippen LogP contribution in [0, 0.1) is 0 Å². The van der Waals surface area contributed by atoms with Gasteiger partial charge in [0.05, 0.1) is 28.9 Å². The molecule has 4 aromatic carbocycles. The molecule has 0 bridgehead atoms. The molecule has 0 radical (unpaired) electrons. The number of hydrogen-bond donors (Lipinski definition) is 0.